The average molecular weight is 160 g/mol. The van der Waals surface area contributed by atoms with E-state index in [1.807, 2.05) is 0 Å². The van der Waals surface area contributed by atoms with Crippen LogP contribution in [0.5, 0.6) is 0 Å². The van der Waals surface area contributed by atoms with Crippen LogP contribution in [0.4, 0.5) is 0 Å². The van der Waals surface area contributed by atoms with E-state index >= 15 is 0 Å². The molecule has 2 N–H and O–H groups in total. The van der Waals surface area contributed by atoms with Crippen molar-refractivity contribution in [3.8, 4) is 0 Å². The van der Waals surface area contributed by atoms with E-state index in [0.29, 0.717) is 6.42 Å². The van der Waals surface area contributed by atoms with Gasteiger partial charge in [-0.2, -0.15) is 0 Å². The summed E-state index contributed by atoms with van der Waals surface area (Å²) in [6.45, 7) is 3.39. The molecule has 0 aromatic heterocycles. The van der Waals surface area contributed by atoms with E-state index in [-0.39, 0.29) is 5.92 Å². The van der Waals surface area contributed by atoms with Gasteiger partial charge in [-0.1, -0.05) is 20.3 Å². The SMILES string of the molecule is CC[C@H](C)C(C(=O)O)C(=O)O. The number of aliphatic carboxylic acids is 2. The topological polar surface area (TPSA) is 74.6 Å². The van der Waals surface area contributed by atoms with Crippen molar-refractivity contribution in [1.29, 1.82) is 0 Å². The third kappa shape index (κ3) is 2.57. The quantitative estimate of drug-likeness (QED) is 0.597. The molecule has 0 heterocycles. The fourth-order valence-corrected chi connectivity index (χ4v) is 0.828. The Kier molecular flexibility index (Phi) is 3.57. The molecular weight excluding hydrogens is 148 g/mol. The van der Waals surface area contributed by atoms with Gasteiger partial charge < -0.3 is 10.2 Å². The molecule has 0 spiro atoms. The summed E-state index contributed by atoms with van der Waals surface area (Å²) in [4.78, 5) is 20.7. The van der Waals surface area contributed by atoms with Crippen LogP contribution in [-0.4, -0.2) is 22.2 Å². The smallest absolute Gasteiger partial charge is 0.318 e. The van der Waals surface area contributed by atoms with Crippen LogP contribution in [0.15, 0.2) is 0 Å². The van der Waals surface area contributed by atoms with Crippen LogP contribution in [0.3, 0.4) is 0 Å². The van der Waals surface area contributed by atoms with Crippen molar-refractivity contribution in [3.05, 3.63) is 0 Å². The van der Waals surface area contributed by atoms with Crippen molar-refractivity contribution in [2.24, 2.45) is 11.8 Å². The molecule has 0 saturated heterocycles. The van der Waals surface area contributed by atoms with Gasteiger partial charge >= 0.3 is 11.9 Å². The first-order valence-corrected chi connectivity index (χ1v) is 3.46. The molecule has 1 atom stereocenters. The van der Waals surface area contributed by atoms with Crippen molar-refractivity contribution >= 4 is 11.9 Å². The second-order valence-electron chi connectivity index (χ2n) is 2.54. The molecule has 4 heteroatoms. The molecule has 11 heavy (non-hydrogen) atoms. The summed E-state index contributed by atoms with van der Waals surface area (Å²) < 4.78 is 0. The van der Waals surface area contributed by atoms with Crippen LogP contribution in [0, 0.1) is 11.8 Å². The summed E-state index contributed by atoms with van der Waals surface area (Å²) in [5, 5.41) is 16.9. The minimum absolute atomic E-state index is 0.315. The molecule has 0 bridgehead atoms. The second kappa shape index (κ2) is 3.95. The predicted molar refractivity (Wildman–Crippen MR) is 38.2 cm³/mol. The van der Waals surface area contributed by atoms with E-state index in [9.17, 15) is 9.59 Å². The van der Waals surface area contributed by atoms with Crippen LogP contribution in [0.2, 0.25) is 0 Å². The maximum absolute atomic E-state index is 10.4. The summed E-state index contributed by atoms with van der Waals surface area (Å²) in [7, 11) is 0. The van der Waals surface area contributed by atoms with E-state index in [1.54, 1.807) is 13.8 Å². The fraction of sp³-hybridized carbons (Fsp3) is 0.714. The summed E-state index contributed by atoms with van der Waals surface area (Å²) in [5.41, 5.74) is 0. The molecule has 0 aliphatic carbocycles. The van der Waals surface area contributed by atoms with Gasteiger partial charge in [0, 0.05) is 0 Å². The number of hydrogen-bond acceptors (Lipinski definition) is 2. The Morgan fingerprint density at radius 3 is 1.73 bits per heavy atom. The summed E-state index contributed by atoms with van der Waals surface area (Å²) >= 11 is 0. The molecule has 0 saturated carbocycles. The van der Waals surface area contributed by atoms with Crippen molar-refractivity contribution in [3.63, 3.8) is 0 Å². The van der Waals surface area contributed by atoms with Crippen LogP contribution in [-0.2, 0) is 9.59 Å². The van der Waals surface area contributed by atoms with Gasteiger partial charge in [-0.15, -0.1) is 0 Å². The Morgan fingerprint density at radius 2 is 1.64 bits per heavy atom. The highest BCUT2D eigenvalue weighted by atomic mass is 16.4. The molecule has 0 aromatic carbocycles. The highest BCUT2D eigenvalue weighted by Gasteiger charge is 2.30. The van der Waals surface area contributed by atoms with E-state index in [2.05, 4.69) is 0 Å². The zero-order valence-corrected chi connectivity index (χ0v) is 6.57. The predicted octanol–water partition coefficient (Wildman–Crippen LogP) is 0.818. The molecule has 0 aliphatic heterocycles. The average Bonchev–Trinajstić information content (AvgIpc) is 1.85. The van der Waals surface area contributed by atoms with Gasteiger partial charge in [0.05, 0.1) is 0 Å². The van der Waals surface area contributed by atoms with E-state index < -0.39 is 17.9 Å². The van der Waals surface area contributed by atoms with Crippen molar-refractivity contribution in [2.45, 2.75) is 20.3 Å². The molecule has 4 nitrogen and oxygen atoms in total. The van der Waals surface area contributed by atoms with Crippen LogP contribution in [0.1, 0.15) is 20.3 Å². The maximum atomic E-state index is 10.4. The van der Waals surface area contributed by atoms with Gasteiger partial charge in [0.15, 0.2) is 5.92 Å². The zero-order chi connectivity index (χ0) is 9.02. The molecule has 0 amide bonds. The Labute approximate surface area is 64.8 Å². The highest BCUT2D eigenvalue weighted by Crippen LogP contribution is 2.15. The maximum Gasteiger partial charge on any atom is 0.318 e. The Morgan fingerprint density at radius 1 is 1.27 bits per heavy atom. The molecule has 0 aliphatic rings. The largest absolute Gasteiger partial charge is 0.481 e. The van der Waals surface area contributed by atoms with E-state index in [0.717, 1.165) is 0 Å². The summed E-state index contributed by atoms with van der Waals surface area (Å²) in [6, 6.07) is 0. The number of carboxylic acids is 2. The molecule has 64 valence electrons. The molecule has 0 radical (unpaired) electrons. The number of carboxylic acid groups (broad SMARTS) is 2. The lowest BCUT2D eigenvalue weighted by molar-refractivity contribution is -0.156. The van der Waals surface area contributed by atoms with Crippen LogP contribution < -0.4 is 0 Å². The van der Waals surface area contributed by atoms with Gasteiger partial charge in [0.1, 0.15) is 0 Å². The van der Waals surface area contributed by atoms with Gasteiger partial charge in [-0.05, 0) is 5.92 Å². The van der Waals surface area contributed by atoms with Gasteiger partial charge in [0.2, 0.25) is 0 Å². The first-order chi connectivity index (χ1) is 5.00. The second-order valence-corrected chi connectivity index (χ2v) is 2.54. The van der Waals surface area contributed by atoms with Crippen LogP contribution in [0.25, 0.3) is 0 Å². The lowest BCUT2D eigenvalue weighted by Gasteiger charge is -2.12. The van der Waals surface area contributed by atoms with Crippen LogP contribution >= 0.6 is 0 Å². The number of carbonyl (C=O) groups is 2. The van der Waals surface area contributed by atoms with Gasteiger partial charge in [-0.25, -0.2) is 0 Å². The Balaban J connectivity index is 4.34. The number of hydrogen-bond donors (Lipinski definition) is 2. The van der Waals surface area contributed by atoms with Gasteiger partial charge in [-0.3, -0.25) is 9.59 Å². The Bertz CT molecular complexity index is 150. The minimum Gasteiger partial charge on any atom is -0.481 e. The molecular formula is C7H12O4. The monoisotopic (exact) mass is 160 g/mol. The highest BCUT2D eigenvalue weighted by molar-refractivity contribution is 5.93. The van der Waals surface area contributed by atoms with E-state index in [4.69, 9.17) is 10.2 Å². The summed E-state index contributed by atoms with van der Waals surface area (Å²) in [6.07, 6.45) is 0.559. The minimum atomic E-state index is -1.26. The van der Waals surface area contributed by atoms with E-state index in [1.165, 1.54) is 0 Å². The van der Waals surface area contributed by atoms with Crippen molar-refractivity contribution < 1.29 is 19.8 Å². The first-order valence-electron chi connectivity index (χ1n) is 3.46. The number of rotatable bonds is 4. The molecule has 0 unspecified atom stereocenters. The Hall–Kier alpha value is -1.06. The molecule has 0 fully saturated rings. The van der Waals surface area contributed by atoms with Crippen molar-refractivity contribution in [1.82, 2.24) is 0 Å². The normalized spacial score (nSPS) is 13.0. The lowest BCUT2D eigenvalue weighted by atomic mass is 9.92. The standard InChI is InChI=1S/C7H12O4/c1-3-4(2)5(6(8)9)7(10)11/h4-5H,3H2,1-2H3,(H,8,9)(H,10,11)/t4-/m0/s1. The lowest BCUT2D eigenvalue weighted by Crippen LogP contribution is -2.29. The zero-order valence-electron chi connectivity index (χ0n) is 6.57. The third-order valence-electron chi connectivity index (χ3n) is 1.75. The molecule has 0 aromatic rings. The van der Waals surface area contributed by atoms with Gasteiger partial charge in [0.25, 0.3) is 0 Å². The third-order valence-corrected chi connectivity index (χ3v) is 1.75. The molecule has 0 rings (SSSR count). The first kappa shape index (κ1) is 9.94. The van der Waals surface area contributed by atoms with Crippen molar-refractivity contribution in [2.75, 3.05) is 0 Å². The summed E-state index contributed by atoms with van der Waals surface area (Å²) in [5.74, 6) is -4.09. The fourth-order valence-electron chi connectivity index (χ4n) is 0.828.